The Kier molecular flexibility index (Phi) is 2.73. The summed E-state index contributed by atoms with van der Waals surface area (Å²) >= 11 is 0. The second-order valence-electron chi connectivity index (χ2n) is 4.83. The van der Waals surface area contributed by atoms with Crippen LogP contribution in [0.1, 0.15) is 66.8 Å². The molecule has 1 aliphatic carbocycles. The zero-order valence-electron chi connectivity index (χ0n) is 11.4. The second kappa shape index (κ2) is 4.34. The number of furan rings is 1. The van der Waals surface area contributed by atoms with Crippen molar-refractivity contribution < 1.29 is 23.6 Å². The lowest BCUT2D eigenvalue weighted by Gasteiger charge is -2.13. The number of fused-ring (bicyclic) bond motifs is 2. The van der Waals surface area contributed by atoms with Crippen molar-refractivity contribution in [1.29, 1.82) is 0 Å². The van der Waals surface area contributed by atoms with Crippen LogP contribution in [-0.2, 0) is 0 Å². The zero-order chi connectivity index (χ0) is 15.3. The van der Waals surface area contributed by atoms with E-state index in [0.717, 1.165) is 0 Å². The summed E-state index contributed by atoms with van der Waals surface area (Å²) in [5.41, 5.74) is 0.226. The van der Waals surface area contributed by atoms with Gasteiger partial charge in [-0.15, -0.1) is 0 Å². The van der Waals surface area contributed by atoms with Crippen LogP contribution >= 0.6 is 0 Å². The molecule has 0 amide bonds. The Labute approximate surface area is 119 Å². The maximum Gasteiger partial charge on any atom is 0.229 e. The Bertz CT molecular complexity index is 838. The van der Waals surface area contributed by atoms with E-state index in [9.17, 15) is 19.2 Å². The highest BCUT2D eigenvalue weighted by atomic mass is 16.4. The number of rotatable bonds is 2. The fourth-order valence-electron chi connectivity index (χ4n) is 2.53. The zero-order valence-corrected chi connectivity index (χ0v) is 11.4. The molecule has 2 aromatic rings. The lowest BCUT2D eigenvalue weighted by molar-refractivity contribution is 0.0945. The van der Waals surface area contributed by atoms with Crippen LogP contribution in [0.25, 0.3) is 0 Å². The lowest BCUT2D eigenvalue weighted by Crippen LogP contribution is -2.21. The molecule has 1 aliphatic rings. The monoisotopic (exact) mass is 282 g/mol. The first kappa shape index (κ1) is 13.2. The van der Waals surface area contributed by atoms with Crippen LogP contribution in [-0.4, -0.2) is 23.1 Å². The van der Waals surface area contributed by atoms with Crippen molar-refractivity contribution >= 4 is 23.1 Å². The smallest absolute Gasteiger partial charge is 0.229 e. The van der Waals surface area contributed by atoms with Gasteiger partial charge in [0, 0.05) is 18.1 Å². The molecule has 0 atom stereocenters. The van der Waals surface area contributed by atoms with Gasteiger partial charge in [0.05, 0.1) is 11.1 Å². The van der Waals surface area contributed by atoms with Crippen LogP contribution in [0.2, 0.25) is 0 Å². The minimum absolute atomic E-state index is 0.101. The summed E-state index contributed by atoms with van der Waals surface area (Å²) in [5.74, 6) is -2.40. The fourth-order valence-corrected chi connectivity index (χ4v) is 2.53. The number of ketones is 4. The summed E-state index contributed by atoms with van der Waals surface area (Å²) in [6.45, 7) is 2.45. The number of hydrogen-bond acceptors (Lipinski definition) is 5. The summed E-state index contributed by atoms with van der Waals surface area (Å²) in [5, 5.41) is 0. The highest BCUT2D eigenvalue weighted by Gasteiger charge is 2.39. The first-order chi connectivity index (χ1) is 9.93. The first-order valence-corrected chi connectivity index (χ1v) is 6.30. The van der Waals surface area contributed by atoms with Crippen molar-refractivity contribution in [2.24, 2.45) is 0 Å². The molecule has 0 N–H and O–H groups in total. The van der Waals surface area contributed by atoms with Crippen molar-refractivity contribution in [3.05, 3.63) is 58.0 Å². The minimum Gasteiger partial charge on any atom is -0.448 e. The standard InChI is InChI=1S/C16H10O5/c1-7(17)11-12-13(19)9-5-3-4-6-10(9)14(20)16(12)21-15(11)8(2)18/h3-6H,1-2H3. The SMILES string of the molecule is CC(=O)c1oc2c(c1C(C)=O)C(=O)c1ccccc1C2=O. The van der Waals surface area contributed by atoms with Gasteiger partial charge in [0.2, 0.25) is 5.78 Å². The number of carbonyl (C=O) groups excluding carboxylic acids is 4. The number of benzene rings is 1. The van der Waals surface area contributed by atoms with E-state index in [-0.39, 0.29) is 33.8 Å². The van der Waals surface area contributed by atoms with Gasteiger partial charge in [-0.3, -0.25) is 19.2 Å². The average molecular weight is 282 g/mol. The molecule has 104 valence electrons. The number of hydrogen-bond donors (Lipinski definition) is 0. The van der Waals surface area contributed by atoms with E-state index in [1.807, 2.05) is 0 Å². The molecule has 1 aromatic carbocycles. The fraction of sp³-hybridized carbons (Fsp3) is 0.125. The van der Waals surface area contributed by atoms with E-state index < -0.39 is 23.1 Å². The van der Waals surface area contributed by atoms with Crippen molar-refractivity contribution in [2.75, 3.05) is 0 Å². The largest absolute Gasteiger partial charge is 0.448 e. The van der Waals surface area contributed by atoms with E-state index >= 15 is 0 Å². The Balaban J connectivity index is 2.38. The predicted octanol–water partition coefficient (Wildman–Crippen LogP) is 2.46. The lowest BCUT2D eigenvalue weighted by atomic mass is 9.85. The molecule has 0 unspecified atom stereocenters. The van der Waals surface area contributed by atoms with Gasteiger partial charge in [0.25, 0.3) is 0 Å². The van der Waals surface area contributed by atoms with Crippen molar-refractivity contribution in [3.63, 3.8) is 0 Å². The molecule has 0 bridgehead atoms. The quantitative estimate of drug-likeness (QED) is 0.674. The third-order valence-corrected chi connectivity index (χ3v) is 3.43. The summed E-state index contributed by atoms with van der Waals surface area (Å²) < 4.78 is 5.26. The van der Waals surface area contributed by atoms with E-state index in [1.54, 1.807) is 12.1 Å². The van der Waals surface area contributed by atoms with Crippen LogP contribution in [0.3, 0.4) is 0 Å². The van der Waals surface area contributed by atoms with Gasteiger partial charge in [0.1, 0.15) is 0 Å². The molecule has 0 saturated heterocycles. The minimum atomic E-state index is -0.501. The maximum atomic E-state index is 12.5. The van der Waals surface area contributed by atoms with Crippen LogP contribution in [0.5, 0.6) is 0 Å². The Hall–Kier alpha value is -2.82. The topological polar surface area (TPSA) is 81.4 Å². The molecule has 1 heterocycles. The van der Waals surface area contributed by atoms with Crippen LogP contribution in [0.15, 0.2) is 28.7 Å². The third kappa shape index (κ3) is 1.71. The maximum absolute atomic E-state index is 12.5. The van der Waals surface area contributed by atoms with Crippen molar-refractivity contribution in [2.45, 2.75) is 13.8 Å². The molecule has 0 aliphatic heterocycles. The summed E-state index contributed by atoms with van der Waals surface area (Å²) in [7, 11) is 0. The molecule has 0 radical (unpaired) electrons. The third-order valence-electron chi connectivity index (χ3n) is 3.43. The molecular formula is C16H10O5. The highest BCUT2D eigenvalue weighted by molar-refractivity contribution is 6.31. The molecule has 21 heavy (non-hydrogen) atoms. The Morgan fingerprint density at radius 1 is 0.905 bits per heavy atom. The first-order valence-electron chi connectivity index (χ1n) is 6.30. The van der Waals surface area contributed by atoms with Gasteiger partial charge in [-0.2, -0.15) is 0 Å². The second-order valence-corrected chi connectivity index (χ2v) is 4.83. The van der Waals surface area contributed by atoms with Crippen molar-refractivity contribution in [3.8, 4) is 0 Å². The van der Waals surface area contributed by atoms with Gasteiger partial charge in [-0.25, -0.2) is 0 Å². The van der Waals surface area contributed by atoms with Crippen molar-refractivity contribution in [1.82, 2.24) is 0 Å². The molecular weight excluding hydrogens is 272 g/mol. The summed E-state index contributed by atoms with van der Waals surface area (Å²) in [6.07, 6.45) is 0. The van der Waals surface area contributed by atoms with Gasteiger partial charge >= 0.3 is 0 Å². The van der Waals surface area contributed by atoms with E-state index in [2.05, 4.69) is 0 Å². The predicted molar refractivity (Wildman–Crippen MR) is 72.0 cm³/mol. The Morgan fingerprint density at radius 2 is 1.48 bits per heavy atom. The summed E-state index contributed by atoms with van der Waals surface area (Å²) in [4.78, 5) is 48.3. The molecule has 3 rings (SSSR count). The van der Waals surface area contributed by atoms with E-state index in [4.69, 9.17) is 4.42 Å². The normalized spacial score (nSPS) is 12.9. The highest BCUT2D eigenvalue weighted by Crippen LogP contribution is 2.33. The summed E-state index contributed by atoms with van der Waals surface area (Å²) in [6, 6.07) is 6.30. The molecule has 0 spiro atoms. The van der Waals surface area contributed by atoms with Gasteiger partial charge < -0.3 is 4.42 Å². The molecule has 0 saturated carbocycles. The number of Topliss-reactive ketones (excluding diaryl/α,β-unsaturated/α-hetero) is 2. The molecule has 0 fully saturated rings. The van der Waals surface area contributed by atoms with E-state index in [1.165, 1.54) is 26.0 Å². The molecule has 5 nitrogen and oxygen atoms in total. The van der Waals surface area contributed by atoms with Gasteiger partial charge in [-0.1, -0.05) is 24.3 Å². The average Bonchev–Trinajstić information content (AvgIpc) is 2.86. The van der Waals surface area contributed by atoms with Crippen LogP contribution in [0, 0.1) is 0 Å². The van der Waals surface area contributed by atoms with Crippen LogP contribution < -0.4 is 0 Å². The van der Waals surface area contributed by atoms with E-state index in [0.29, 0.717) is 0 Å². The van der Waals surface area contributed by atoms with Gasteiger partial charge in [-0.05, 0) is 6.92 Å². The molecule has 1 aromatic heterocycles. The van der Waals surface area contributed by atoms with Gasteiger partial charge in [0.15, 0.2) is 28.9 Å². The van der Waals surface area contributed by atoms with Crippen LogP contribution in [0.4, 0.5) is 0 Å². The Morgan fingerprint density at radius 3 is 2.00 bits per heavy atom. The number of carbonyl (C=O) groups is 4. The molecule has 5 heteroatoms.